The van der Waals surface area contributed by atoms with Crippen molar-refractivity contribution in [3.63, 3.8) is 0 Å². The van der Waals surface area contributed by atoms with Crippen LogP contribution in [0.5, 0.6) is 5.75 Å². The minimum atomic E-state index is -0.0323. The zero-order chi connectivity index (χ0) is 19.6. The van der Waals surface area contributed by atoms with E-state index in [0.29, 0.717) is 12.2 Å². The highest BCUT2D eigenvalue weighted by atomic mass is 16.5. The Morgan fingerprint density at radius 1 is 0.964 bits per heavy atom. The molecule has 2 aromatic carbocycles. The first-order valence-corrected chi connectivity index (χ1v) is 9.39. The molecule has 0 radical (unpaired) electrons. The van der Waals surface area contributed by atoms with Crippen molar-refractivity contribution in [3.8, 4) is 5.75 Å². The Labute approximate surface area is 165 Å². The summed E-state index contributed by atoms with van der Waals surface area (Å²) < 4.78 is 5.24. The molecule has 0 aliphatic heterocycles. The number of ether oxygens (including phenoxy) is 1. The maximum atomic E-state index is 12.1. The molecule has 3 aromatic rings. The molecule has 3 rings (SSSR count). The van der Waals surface area contributed by atoms with Gasteiger partial charge in [0, 0.05) is 13.0 Å². The number of carbonyl (C=O) groups is 1. The molecule has 1 amide bonds. The first kappa shape index (κ1) is 19.4. The normalized spacial score (nSPS) is 10.3. The molecule has 0 bridgehead atoms. The second kappa shape index (κ2) is 10.1. The van der Waals surface area contributed by atoms with E-state index in [9.17, 15) is 4.79 Å². The van der Waals surface area contributed by atoms with Gasteiger partial charge in [-0.05, 0) is 48.2 Å². The summed E-state index contributed by atoms with van der Waals surface area (Å²) in [6, 6.07) is 21.8. The number of amides is 1. The van der Waals surface area contributed by atoms with Crippen molar-refractivity contribution in [1.82, 2.24) is 4.98 Å². The Bertz CT molecular complexity index is 880. The van der Waals surface area contributed by atoms with Gasteiger partial charge in [-0.25, -0.2) is 4.98 Å². The van der Waals surface area contributed by atoms with Gasteiger partial charge in [0.25, 0.3) is 0 Å². The van der Waals surface area contributed by atoms with Crippen LogP contribution in [-0.2, 0) is 17.6 Å². The SMILES string of the molecule is COc1cccc(CCNc2ccc(NC(=O)CCc3ccccc3)nc2)c1. The summed E-state index contributed by atoms with van der Waals surface area (Å²) in [7, 11) is 1.67. The van der Waals surface area contributed by atoms with Crippen LogP contribution in [0.15, 0.2) is 72.9 Å². The summed E-state index contributed by atoms with van der Waals surface area (Å²) in [6.45, 7) is 0.789. The molecule has 144 valence electrons. The lowest BCUT2D eigenvalue weighted by molar-refractivity contribution is -0.116. The van der Waals surface area contributed by atoms with Crippen molar-refractivity contribution >= 4 is 17.4 Å². The summed E-state index contributed by atoms with van der Waals surface area (Å²) in [5, 5.41) is 6.18. The summed E-state index contributed by atoms with van der Waals surface area (Å²) >= 11 is 0. The molecule has 0 spiro atoms. The zero-order valence-corrected chi connectivity index (χ0v) is 16.0. The highest BCUT2D eigenvalue weighted by molar-refractivity contribution is 5.89. The standard InChI is InChI=1S/C23H25N3O2/c1-28-21-9-5-8-19(16-21)14-15-24-20-11-12-22(25-17-20)26-23(27)13-10-18-6-3-2-4-7-18/h2-9,11-12,16-17,24H,10,13-15H2,1H3,(H,25,26,27). The third-order valence-corrected chi connectivity index (χ3v) is 4.39. The lowest BCUT2D eigenvalue weighted by atomic mass is 10.1. The smallest absolute Gasteiger partial charge is 0.225 e. The molecule has 2 N–H and O–H groups in total. The number of hydrogen-bond acceptors (Lipinski definition) is 4. The van der Waals surface area contributed by atoms with E-state index in [2.05, 4.69) is 21.7 Å². The van der Waals surface area contributed by atoms with Crippen LogP contribution in [0.2, 0.25) is 0 Å². The van der Waals surface area contributed by atoms with E-state index in [4.69, 9.17) is 4.74 Å². The molecular formula is C23H25N3O2. The van der Waals surface area contributed by atoms with Gasteiger partial charge in [-0.3, -0.25) is 4.79 Å². The molecular weight excluding hydrogens is 350 g/mol. The van der Waals surface area contributed by atoms with Gasteiger partial charge in [-0.1, -0.05) is 42.5 Å². The van der Waals surface area contributed by atoms with Crippen molar-refractivity contribution < 1.29 is 9.53 Å². The topological polar surface area (TPSA) is 63.2 Å². The fraction of sp³-hybridized carbons (Fsp3) is 0.217. The van der Waals surface area contributed by atoms with Crippen LogP contribution in [0.1, 0.15) is 17.5 Å². The molecule has 0 unspecified atom stereocenters. The Balaban J connectivity index is 1.42. The molecule has 5 heteroatoms. The number of aromatic nitrogens is 1. The van der Waals surface area contributed by atoms with Crippen molar-refractivity contribution in [3.05, 3.63) is 84.1 Å². The van der Waals surface area contributed by atoms with Gasteiger partial charge in [0.05, 0.1) is 19.0 Å². The quantitative estimate of drug-likeness (QED) is 0.585. The van der Waals surface area contributed by atoms with Gasteiger partial charge < -0.3 is 15.4 Å². The highest BCUT2D eigenvalue weighted by Gasteiger charge is 2.04. The molecule has 0 aliphatic rings. The highest BCUT2D eigenvalue weighted by Crippen LogP contribution is 2.14. The van der Waals surface area contributed by atoms with Gasteiger partial charge in [-0.15, -0.1) is 0 Å². The molecule has 0 aliphatic carbocycles. The Hall–Kier alpha value is -3.34. The molecule has 5 nitrogen and oxygen atoms in total. The molecule has 0 saturated heterocycles. The van der Waals surface area contributed by atoms with Gasteiger partial charge in [0.2, 0.25) is 5.91 Å². The molecule has 0 atom stereocenters. The van der Waals surface area contributed by atoms with E-state index < -0.39 is 0 Å². The summed E-state index contributed by atoms with van der Waals surface area (Å²) in [6.07, 6.45) is 3.77. The first-order valence-electron chi connectivity index (χ1n) is 9.39. The lowest BCUT2D eigenvalue weighted by Crippen LogP contribution is -2.13. The third kappa shape index (κ3) is 6.13. The minimum absolute atomic E-state index is 0.0323. The average molecular weight is 375 g/mol. The first-order chi connectivity index (χ1) is 13.7. The lowest BCUT2D eigenvalue weighted by Gasteiger charge is -2.09. The Morgan fingerprint density at radius 3 is 2.54 bits per heavy atom. The number of nitrogens with one attached hydrogen (secondary N) is 2. The molecule has 1 heterocycles. The van der Waals surface area contributed by atoms with Gasteiger partial charge in [-0.2, -0.15) is 0 Å². The fourth-order valence-electron chi connectivity index (χ4n) is 2.86. The Kier molecular flexibility index (Phi) is 7.01. The van der Waals surface area contributed by atoms with Crippen molar-refractivity contribution in [1.29, 1.82) is 0 Å². The predicted octanol–water partition coefficient (Wildman–Crippen LogP) is 4.32. The zero-order valence-electron chi connectivity index (χ0n) is 16.0. The number of aryl methyl sites for hydroxylation is 1. The van der Waals surface area contributed by atoms with Gasteiger partial charge in [0.15, 0.2) is 0 Å². The number of nitrogens with zero attached hydrogens (tertiary/aromatic N) is 1. The van der Waals surface area contributed by atoms with Crippen molar-refractivity contribution in [2.75, 3.05) is 24.3 Å². The van der Waals surface area contributed by atoms with E-state index in [-0.39, 0.29) is 5.91 Å². The maximum absolute atomic E-state index is 12.1. The fourth-order valence-corrected chi connectivity index (χ4v) is 2.86. The van der Waals surface area contributed by atoms with Crippen LogP contribution in [0.4, 0.5) is 11.5 Å². The monoisotopic (exact) mass is 375 g/mol. The summed E-state index contributed by atoms with van der Waals surface area (Å²) in [5.74, 6) is 1.40. The van der Waals surface area contributed by atoms with Crippen LogP contribution in [0, 0.1) is 0 Å². The van der Waals surface area contributed by atoms with E-state index in [0.717, 1.165) is 36.4 Å². The second-order valence-corrected chi connectivity index (χ2v) is 6.49. The molecule has 1 aromatic heterocycles. The average Bonchev–Trinajstić information content (AvgIpc) is 2.74. The van der Waals surface area contributed by atoms with E-state index >= 15 is 0 Å². The largest absolute Gasteiger partial charge is 0.497 e. The van der Waals surface area contributed by atoms with Crippen LogP contribution in [0.25, 0.3) is 0 Å². The van der Waals surface area contributed by atoms with E-state index in [1.165, 1.54) is 5.56 Å². The number of methoxy groups -OCH3 is 1. The molecule has 0 fully saturated rings. The Morgan fingerprint density at radius 2 is 1.79 bits per heavy atom. The van der Waals surface area contributed by atoms with Crippen LogP contribution < -0.4 is 15.4 Å². The van der Waals surface area contributed by atoms with Crippen LogP contribution in [-0.4, -0.2) is 24.5 Å². The van der Waals surface area contributed by atoms with Crippen LogP contribution >= 0.6 is 0 Å². The second-order valence-electron chi connectivity index (χ2n) is 6.49. The number of benzene rings is 2. The van der Waals surface area contributed by atoms with Gasteiger partial charge in [0.1, 0.15) is 11.6 Å². The summed E-state index contributed by atoms with van der Waals surface area (Å²) in [5.41, 5.74) is 3.29. The minimum Gasteiger partial charge on any atom is -0.497 e. The van der Waals surface area contributed by atoms with Crippen molar-refractivity contribution in [2.24, 2.45) is 0 Å². The number of pyridine rings is 1. The van der Waals surface area contributed by atoms with E-state index in [1.807, 2.05) is 60.7 Å². The number of anilines is 2. The van der Waals surface area contributed by atoms with E-state index in [1.54, 1.807) is 13.3 Å². The van der Waals surface area contributed by atoms with Crippen LogP contribution in [0.3, 0.4) is 0 Å². The number of rotatable bonds is 9. The predicted molar refractivity (Wildman–Crippen MR) is 113 cm³/mol. The van der Waals surface area contributed by atoms with Crippen molar-refractivity contribution in [2.45, 2.75) is 19.3 Å². The maximum Gasteiger partial charge on any atom is 0.225 e. The molecule has 28 heavy (non-hydrogen) atoms. The third-order valence-electron chi connectivity index (χ3n) is 4.39. The number of carbonyl (C=O) groups excluding carboxylic acids is 1. The summed E-state index contributed by atoms with van der Waals surface area (Å²) in [4.78, 5) is 16.4. The molecule has 0 saturated carbocycles. The van der Waals surface area contributed by atoms with Gasteiger partial charge >= 0.3 is 0 Å². The number of hydrogen-bond donors (Lipinski definition) is 2.